The molecule has 1 heterocycles. The van der Waals surface area contributed by atoms with Gasteiger partial charge in [-0.05, 0) is 83.5 Å². The molecule has 86 heavy (non-hydrogen) atoms. The third-order valence-corrected chi connectivity index (χ3v) is 17.5. The molecule has 0 spiro atoms. The highest BCUT2D eigenvalue weighted by Crippen LogP contribution is 2.26. The number of aliphatic hydroxyl groups excluding tert-OH is 5. The lowest BCUT2D eigenvalue weighted by Crippen LogP contribution is -2.61. The number of rotatable bonds is 64. The number of carbonyl (C=O) groups is 2. The van der Waals surface area contributed by atoms with Crippen LogP contribution >= 0.6 is 0 Å². The minimum absolute atomic E-state index is 0.126. The second-order valence-electron chi connectivity index (χ2n) is 25.7. The van der Waals surface area contributed by atoms with Gasteiger partial charge in [0.15, 0.2) is 12.4 Å². The molecule has 8 unspecified atom stereocenters. The monoisotopic (exact) mass is 1210 g/mol. The van der Waals surface area contributed by atoms with E-state index in [0.717, 1.165) is 70.6 Å². The van der Waals surface area contributed by atoms with Crippen LogP contribution in [-0.2, 0) is 23.8 Å². The minimum Gasteiger partial charge on any atom is -0.454 e. The van der Waals surface area contributed by atoms with Gasteiger partial charge in [-0.1, -0.05) is 313 Å². The molecule has 8 atom stereocenters. The van der Waals surface area contributed by atoms with Crippen molar-refractivity contribution >= 4 is 11.9 Å². The molecule has 1 rings (SSSR count). The van der Waals surface area contributed by atoms with Crippen LogP contribution in [0.4, 0.5) is 0 Å². The summed E-state index contributed by atoms with van der Waals surface area (Å²) in [6.07, 6.45) is 68.7. The summed E-state index contributed by atoms with van der Waals surface area (Å²) >= 11 is 0. The molecule has 1 saturated heterocycles. The van der Waals surface area contributed by atoms with E-state index in [2.05, 4.69) is 62.5 Å². The van der Waals surface area contributed by atoms with Crippen LogP contribution in [0.5, 0.6) is 0 Å². The van der Waals surface area contributed by atoms with Gasteiger partial charge in [0.25, 0.3) is 0 Å². The summed E-state index contributed by atoms with van der Waals surface area (Å²) in [7, 11) is 0. The predicted octanol–water partition coefficient (Wildman–Crippen LogP) is 19.1. The summed E-state index contributed by atoms with van der Waals surface area (Å²) in [6.45, 7) is 5.81. The number of unbranched alkanes of at least 4 members (excludes halogenated alkanes) is 44. The van der Waals surface area contributed by atoms with Crippen LogP contribution in [-0.4, -0.2) is 99.6 Å². The van der Waals surface area contributed by atoms with Gasteiger partial charge in [0, 0.05) is 6.42 Å². The van der Waals surface area contributed by atoms with Crippen molar-refractivity contribution in [2.24, 2.45) is 0 Å². The fraction of sp³-hybridized carbons (Fsp3) is 0.867. The van der Waals surface area contributed by atoms with Gasteiger partial charge >= 0.3 is 5.97 Å². The molecule has 1 aliphatic heterocycles. The zero-order valence-electron chi connectivity index (χ0n) is 56.2. The van der Waals surface area contributed by atoms with Gasteiger partial charge in [0.05, 0.1) is 25.4 Å². The average Bonchev–Trinajstić information content (AvgIpc) is 3.30. The molecule has 0 radical (unpaired) electrons. The molecule has 0 aromatic carbocycles. The van der Waals surface area contributed by atoms with Gasteiger partial charge in [0.2, 0.25) is 5.91 Å². The van der Waals surface area contributed by atoms with E-state index >= 15 is 0 Å². The molecule has 11 heteroatoms. The summed E-state index contributed by atoms with van der Waals surface area (Å²) in [5.41, 5.74) is 0. The Labute approximate surface area is 529 Å². The number of amides is 1. The highest BCUT2D eigenvalue weighted by molar-refractivity contribution is 5.80. The van der Waals surface area contributed by atoms with E-state index in [4.69, 9.17) is 14.2 Å². The Bertz CT molecular complexity index is 1590. The molecule has 1 fully saturated rings. The maximum absolute atomic E-state index is 13.5. The first-order chi connectivity index (χ1) is 42.2. The number of ether oxygens (including phenoxy) is 3. The third-order valence-electron chi connectivity index (χ3n) is 17.5. The summed E-state index contributed by atoms with van der Waals surface area (Å²) in [5.74, 6) is -1.18. The van der Waals surface area contributed by atoms with Crippen LogP contribution in [0.1, 0.15) is 355 Å². The quantitative estimate of drug-likeness (QED) is 0.0195. The van der Waals surface area contributed by atoms with Crippen molar-refractivity contribution in [1.82, 2.24) is 5.32 Å². The Kier molecular flexibility index (Phi) is 59.6. The lowest BCUT2D eigenvalue weighted by Gasteiger charge is -2.41. The molecule has 0 aliphatic carbocycles. The Morgan fingerprint density at radius 3 is 1.22 bits per heavy atom. The van der Waals surface area contributed by atoms with Gasteiger partial charge < -0.3 is 45.1 Å². The van der Waals surface area contributed by atoms with Gasteiger partial charge in [-0.25, -0.2) is 0 Å². The summed E-state index contributed by atoms with van der Waals surface area (Å²) in [4.78, 5) is 26.7. The second-order valence-corrected chi connectivity index (χ2v) is 25.7. The first-order valence-electron chi connectivity index (χ1n) is 36.9. The van der Waals surface area contributed by atoms with Gasteiger partial charge in [0.1, 0.15) is 24.4 Å². The maximum atomic E-state index is 13.5. The molecule has 504 valence electrons. The Hall–Kier alpha value is -2.38. The van der Waals surface area contributed by atoms with Crippen molar-refractivity contribution < 1.29 is 49.3 Å². The van der Waals surface area contributed by atoms with E-state index in [1.807, 2.05) is 6.08 Å². The number of hydrogen-bond donors (Lipinski definition) is 6. The average molecular weight is 1210 g/mol. The van der Waals surface area contributed by atoms with Gasteiger partial charge in [-0.2, -0.15) is 0 Å². The normalized spacial score (nSPS) is 18.5. The number of hydrogen-bond acceptors (Lipinski definition) is 10. The number of esters is 1. The number of nitrogens with one attached hydrogen (secondary N) is 1. The van der Waals surface area contributed by atoms with Crippen molar-refractivity contribution in [2.75, 3.05) is 13.2 Å². The van der Waals surface area contributed by atoms with E-state index in [1.165, 1.54) is 238 Å². The van der Waals surface area contributed by atoms with Crippen LogP contribution in [0.2, 0.25) is 0 Å². The smallest absolute Gasteiger partial charge is 0.306 e. The van der Waals surface area contributed by atoms with E-state index in [9.17, 15) is 35.1 Å². The third kappa shape index (κ3) is 49.4. The number of aliphatic hydroxyl groups is 5. The molecular weight excluding hydrogens is 1070 g/mol. The van der Waals surface area contributed by atoms with Crippen LogP contribution in [0.3, 0.4) is 0 Å². The molecule has 11 nitrogen and oxygen atoms in total. The molecule has 0 saturated carbocycles. The number of allylic oxidation sites excluding steroid dienone is 7. The summed E-state index contributed by atoms with van der Waals surface area (Å²) < 4.78 is 17.7. The number of carbonyl (C=O) groups excluding carboxylic acids is 2. The summed E-state index contributed by atoms with van der Waals surface area (Å²) in [6, 6.07) is -1.02. The molecule has 0 aromatic rings. The topological polar surface area (TPSA) is 175 Å². The van der Waals surface area contributed by atoms with E-state index in [0.29, 0.717) is 12.8 Å². The fourth-order valence-corrected chi connectivity index (χ4v) is 11.6. The zero-order valence-corrected chi connectivity index (χ0v) is 56.2. The van der Waals surface area contributed by atoms with E-state index in [1.54, 1.807) is 6.08 Å². The molecular formula is C75H139NO10. The maximum Gasteiger partial charge on any atom is 0.306 e. The fourth-order valence-electron chi connectivity index (χ4n) is 11.6. The Morgan fingerprint density at radius 1 is 0.453 bits per heavy atom. The molecule has 0 bridgehead atoms. The minimum atomic E-state index is -1.61. The van der Waals surface area contributed by atoms with Crippen LogP contribution < -0.4 is 5.32 Å². The summed E-state index contributed by atoms with van der Waals surface area (Å²) in [5, 5.41) is 57.3. The first kappa shape index (κ1) is 81.6. The lowest BCUT2D eigenvalue weighted by atomic mass is 9.99. The van der Waals surface area contributed by atoms with Gasteiger partial charge in [-0.3, -0.25) is 9.59 Å². The molecule has 1 aliphatic rings. The van der Waals surface area contributed by atoms with Crippen molar-refractivity contribution in [1.29, 1.82) is 0 Å². The predicted molar refractivity (Wildman–Crippen MR) is 361 cm³/mol. The zero-order chi connectivity index (χ0) is 62.4. The van der Waals surface area contributed by atoms with Gasteiger partial charge in [-0.15, -0.1) is 0 Å². The van der Waals surface area contributed by atoms with E-state index < -0.39 is 67.4 Å². The Balaban J connectivity index is 2.54. The van der Waals surface area contributed by atoms with Crippen molar-refractivity contribution in [3.63, 3.8) is 0 Å². The van der Waals surface area contributed by atoms with E-state index in [-0.39, 0.29) is 19.4 Å². The largest absolute Gasteiger partial charge is 0.454 e. The van der Waals surface area contributed by atoms with Crippen LogP contribution in [0.25, 0.3) is 0 Å². The molecule has 1 amide bonds. The van der Waals surface area contributed by atoms with Crippen molar-refractivity contribution in [2.45, 2.75) is 404 Å². The molecule has 6 N–H and O–H groups in total. The second kappa shape index (κ2) is 62.8. The highest BCUT2D eigenvalue weighted by Gasteiger charge is 2.47. The van der Waals surface area contributed by atoms with Crippen LogP contribution in [0, 0.1) is 0 Å². The first-order valence-corrected chi connectivity index (χ1v) is 36.9. The van der Waals surface area contributed by atoms with Crippen molar-refractivity contribution in [3.8, 4) is 0 Å². The lowest BCUT2D eigenvalue weighted by molar-refractivity contribution is -0.305. The Morgan fingerprint density at radius 2 is 0.802 bits per heavy atom. The van der Waals surface area contributed by atoms with Crippen molar-refractivity contribution in [3.05, 3.63) is 48.6 Å². The standard InChI is InChI=1S/C75H139NO10/c1-4-7-10-13-16-19-22-25-27-29-31-33-34-35-36-37-39-41-43-45-48-51-54-57-60-63-70(80)86-73-72(82)71(81)69(64-77)85-75(73)84-65-66(67(78)61-58-55-52-49-46-24-21-18-15-12-9-6-3)76-74(83)68(79)62-59-56-53-50-47-44-42-40-38-32-30-28-26-23-20-17-14-11-8-5-2/h17,20,25-28,58,61,66-69,71-73,75,77-79,81-82H,4-16,18-19,21-24,29-57,59-60,62-65H2,1-3H3,(H,76,83)/b20-17-,27-25+,28-26-,61-58+. The SMILES string of the molecule is CCCCC/C=C\C/C=C\CCCCCCCCCCCCC(O)C(=O)NC(COC1OC(CO)C(O)C(O)C1OC(=O)CCCCCCCCCCCCCCCCC/C=C/CCCCCCCC)C(O)/C=C/CCCCCCCCCCCC. The molecule has 0 aromatic heterocycles. The van der Waals surface area contributed by atoms with Crippen LogP contribution in [0.15, 0.2) is 48.6 Å². The highest BCUT2D eigenvalue weighted by atomic mass is 16.7.